The van der Waals surface area contributed by atoms with Crippen molar-refractivity contribution >= 4 is 28.9 Å². The number of rotatable bonds is 7. The molecule has 2 aromatic rings. The summed E-state index contributed by atoms with van der Waals surface area (Å²) in [6.07, 6.45) is 0. The molecule has 0 aliphatic carbocycles. The van der Waals surface area contributed by atoms with Gasteiger partial charge in [-0.1, -0.05) is 6.07 Å². The highest BCUT2D eigenvalue weighted by molar-refractivity contribution is 5.96. The van der Waals surface area contributed by atoms with Gasteiger partial charge in [-0.15, -0.1) is 0 Å². The van der Waals surface area contributed by atoms with Gasteiger partial charge in [0, 0.05) is 24.1 Å². The molecule has 0 aromatic heterocycles. The second-order valence-electron chi connectivity index (χ2n) is 5.97. The van der Waals surface area contributed by atoms with E-state index in [0.29, 0.717) is 11.4 Å². The number of hydrogen-bond acceptors (Lipinski definition) is 4. The number of nitrogens with zero attached hydrogens (tertiary/aromatic N) is 1. The van der Waals surface area contributed by atoms with Gasteiger partial charge in [-0.05, 0) is 56.4 Å². The lowest BCUT2D eigenvalue weighted by Gasteiger charge is -2.23. The molecule has 0 fully saturated rings. The van der Waals surface area contributed by atoms with Gasteiger partial charge in [-0.3, -0.25) is 14.5 Å². The third kappa shape index (κ3) is 5.56. The lowest BCUT2D eigenvalue weighted by atomic mass is 10.2. The van der Waals surface area contributed by atoms with Crippen molar-refractivity contribution in [3.05, 3.63) is 54.3 Å². The van der Waals surface area contributed by atoms with Gasteiger partial charge < -0.3 is 16.0 Å². The van der Waals surface area contributed by atoms with Crippen molar-refractivity contribution in [3.63, 3.8) is 0 Å². The van der Waals surface area contributed by atoms with E-state index in [-0.39, 0.29) is 18.4 Å². The Labute approximate surface area is 152 Å². The lowest BCUT2D eigenvalue weighted by molar-refractivity contribution is -0.122. The molecule has 1 atom stereocenters. The van der Waals surface area contributed by atoms with Crippen molar-refractivity contribution < 1.29 is 14.0 Å². The van der Waals surface area contributed by atoms with Crippen LogP contribution in [0.3, 0.4) is 0 Å². The van der Waals surface area contributed by atoms with Crippen molar-refractivity contribution in [1.82, 2.24) is 4.90 Å². The predicted octanol–water partition coefficient (Wildman–Crippen LogP) is 2.76. The second-order valence-corrected chi connectivity index (χ2v) is 5.97. The Kier molecular flexibility index (Phi) is 6.68. The fraction of sp³-hybridized carbons (Fsp3) is 0.263. The first kappa shape index (κ1) is 19.4. The van der Waals surface area contributed by atoms with Crippen molar-refractivity contribution in [3.8, 4) is 0 Å². The summed E-state index contributed by atoms with van der Waals surface area (Å²) in [5.74, 6) is -0.965. The second kappa shape index (κ2) is 8.96. The van der Waals surface area contributed by atoms with Crippen LogP contribution in [0.15, 0.2) is 48.5 Å². The van der Waals surface area contributed by atoms with Crippen molar-refractivity contribution in [2.75, 3.05) is 36.6 Å². The summed E-state index contributed by atoms with van der Waals surface area (Å²) in [6.45, 7) is 1.72. The number of halogens is 1. The van der Waals surface area contributed by atoms with E-state index < -0.39 is 11.9 Å². The zero-order chi connectivity index (χ0) is 19.1. The van der Waals surface area contributed by atoms with Crippen LogP contribution in [0.2, 0.25) is 0 Å². The number of carbonyl (C=O) groups is 2. The quantitative estimate of drug-likeness (QED) is 0.712. The Bertz CT molecular complexity index is 764. The first-order valence-electron chi connectivity index (χ1n) is 8.23. The van der Waals surface area contributed by atoms with Crippen LogP contribution in [-0.4, -0.2) is 43.4 Å². The molecule has 0 bridgehead atoms. The molecule has 0 saturated heterocycles. The summed E-state index contributed by atoms with van der Waals surface area (Å²) >= 11 is 0. The van der Waals surface area contributed by atoms with Crippen LogP contribution in [0.25, 0.3) is 0 Å². The van der Waals surface area contributed by atoms with E-state index in [4.69, 9.17) is 0 Å². The van der Waals surface area contributed by atoms with E-state index in [0.717, 1.165) is 5.69 Å². The maximum absolute atomic E-state index is 13.2. The third-order valence-corrected chi connectivity index (χ3v) is 3.98. The molecular weight excluding hydrogens is 335 g/mol. The molecular formula is C19H23FN4O2. The van der Waals surface area contributed by atoms with E-state index in [9.17, 15) is 14.0 Å². The average Bonchev–Trinajstić information content (AvgIpc) is 2.61. The van der Waals surface area contributed by atoms with Gasteiger partial charge in [0.1, 0.15) is 5.82 Å². The molecule has 2 amide bonds. The Morgan fingerprint density at radius 1 is 1.04 bits per heavy atom. The summed E-state index contributed by atoms with van der Waals surface area (Å²) in [6, 6.07) is 12.5. The molecule has 0 heterocycles. The molecule has 0 aliphatic rings. The summed E-state index contributed by atoms with van der Waals surface area (Å²) in [5, 5.41) is 8.43. The predicted molar refractivity (Wildman–Crippen MR) is 102 cm³/mol. The van der Waals surface area contributed by atoms with Gasteiger partial charge in [-0.25, -0.2) is 4.39 Å². The Morgan fingerprint density at radius 3 is 2.31 bits per heavy atom. The van der Waals surface area contributed by atoms with Crippen LogP contribution in [-0.2, 0) is 9.59 Å². The minimum atomic E-state index is -0.516. The highest BCUT2D eigenvalue weighted by Crippen LogP contribution is 2.14. The number of benzene rings is 2. The highest BCUT2D eigenvalue weighted by Gasteiger charge is 2.20. The van der Waals surface area contributed by atoms with E-state index in [1.54, 1.807) is 37.1 Å². The van der Waals surface area contributed by atoms with E-state index in [2.05, 4.69) is 16.0 Å². The van der Waals surface area contributed by atoms with Crippen LogP contribution in [0.1, 0.15) is 6.92 Å². The molecule has 6 nitrogen and oxygen atoms in total. The van der Waals surface area contributed by atoms with Gasteiger partial charge in [0.05, 0.1) is 12.6 Å². The first-order chi connectivity index (χ1) is 12.4. The van der Waals surface area contributed by atoms with Crippen LogP contribution >= 0.6 is 0 Å². The molecule has 26 heavy (non-hydrogen) atoms. The zero-order valence-corrected chi connectivity index (χ0v) is 15.0. The van der Waals surface area contributed by atoms with Gasteiger partial charge in [0.25, 0.3) is 0 Å². The molecule has 138 valence electrons. The largest absolute Gasteiger partial charge is 0.388 e. The molecule has 0 radical (unpaired) electrons. The van der Waals surface area contributed by atoms with Gasteiger partial charge >= 0.3 is 0 Å². The Morgan fingerprint density at radius 2 is 1.69 bits per heavy atom. The average molecular weight is 358 g/mol. The monoisotopic (exact) mass is 358 g/mol. The standard InChI is InChI=1S/C19H23FN4O2/c1-13(19(26)23-16-9-7-15(21-2)8-10-16)24(3)12-18(25)22-17-6-4-5-14(20)11-17/h4-11,13,21H,12H2,1-3H3,(H,22,25)(H,23,26). The molecule has 3 N–H and O–H groups in total. The highest BCUT2D eigenvalue weighted by atomic mass is 19.1. The molecule has 2 rings (SSSR count). The van der Waals surface area contributed by atoms with Crippen molar-refractivity contribution in [1.29, 1.82) is 0 Å². The maximum atomic E-state index is 13.2. The number of hydrogen-bond donors (Lipinski definition) is 3. The van der Waals surface area contributed by atoms with Crippen molar-refractivity contribution in [2.45, 2.75) is 13.0 Å². The van der Waals surface area contributed by atoms with Crippen LogP contribution in [0, 0.1) is 5.82 Å². The molecule has 0 saturated carbocycles. The fourth-order valence-electron chi connectivity index (χ4n) is 2.30. The summed E-state index contributed by atoms with van der Waals surface area (Å²) in [7, 11) is 3.50. The number of anilines is 3. The summed E-state index contributed by atoms with van der Waals surface area (Å²) in [5.41, 5.74) is 2.01. The fourth-order valence-corrected chi connectivity index (χ4v) is 2.30. The van der Waals surface area contributed by atoms with Crippen molar-refractivity contribution in [2.24, 2.45) is 0 Å². The number of amides is 2. The summed E-state index contributed by atoms with van der Waals surface area (Å²) in [4.78, 5) is 26.0. The molecule has 1 unspecified atom stereocenters. The molecule has 0 spiro atoms. The van der Waals surface area contributed by atoms with Crippen LogP contribution in [0.4, 0.5) is 21.5 Å². The van der Waals surface area contributed by atoms with Gasteiger partial charge in [0.2, 0.25) is 11.8 Å². The van der Waals surface area contributed by atoms with Gasteiger partial charge in [-0.2, -0.15) is 0 Å². The third-order valence-electron chi connectivity index (χ3n) is 3.98. The van der Waals surface area contributed by atoms with E-state index >= 15 is 0 Å². The topological polar surface area (TPSA) is 73.5 Å². The van der Waals surface area contributed by atoms with E-state index in [1.165, 1.54) is 18.2 Å². The van der Waals surface area contributed by atoms with Gasteiger partial charge in [0.15, 0.2) is 0 Å². The summed E-state index contributed by atoms with van der Waals surface area (Å²) < 4.78 is 13.2. The zero-order valence-electron chi connectivity index (χ0n) is 15.0. The Balaban J connectivity index is 1.87. The number of carbonyl (C=O) groups excluding carboxylic acids is 2. The lowest BCUT2D eigenvalue weighted by Crippen LogP contribution is -2.43. The van der Waals surface area contributed by atoms with Crippen LogP contribution in [0.5, 0.6) is 0 Å². The number of nitrogens with one attached hydrogen (secondary N) is 3. The van der Waals surface area contributed by atoms with Crippen LogP contribution < -0.4 is 16.0 Å². The first-order valence-corrected chi connectivity index (χ1v) is 8.23. The maximum Gasteiger partial charge on any atom is 0.241 e. The minimum Gasteiger partial charge on any atom is -0.388 e. The normalized spacial score (nSPS) is 11.7. The minimum absolute atomic E-state index is 0.00376. The number of likely N-dealkylation sites (N-methyl/N-ethyl adjacent to an activating group) is 1. The molecule has 7 heteroatoms. The van der Waals surface area contributed by atoms with E-state index in [1.807, 2.05) is 19.2 Å². The molecule has 2 aromatic carbocycles. The molecule has 0 aliphatic heterocycles. The Hall–Kier alpha value is -2.93. The SMILES string of the molecule is CNc1ccc(NC(=O)C(C)N(C)CC(=O)Nc2cccc(F)c2)cc1. The smallest absolute Gasteiger partial charge is 0.241 e.